The Kier molecular flexibility index (Phi) is 7.67. The Hall–Kier alpha value is -0.370. The van der Waals surface area contributed by atoms with Gasteiger partial charge in [0.15, 0.2) is 0 Å². The van der Waals surface area contributed by atoms with Gasteiger partial charge in [-0.25, -0.2) is 0 Å². The van der Waals surface area contributed by atoms with E-state index in [4.69, 9.17) is 5.73 Å². The molecule has 0 aliphatic heterocycles. The molecule has 2 nitrogen and oxygen atoms in total. The van der Waals surface area contributed by atoms with Crippen molar-refractivity contribution >= 4 is 5.78 Å². The molecule has 0 aliphatic carbocycles. The highest BCUT2D eigenvalue weighted by Gasteiger charge is 2.14. The number of ketones is 1. The molecule has 0 saturated carbocycles. The van der Waals surface area contributed by atoms with Gasteiger partial charge in [0.25, 0.3) is 0 Å². The molecule has 0 heterocycles. The van der Waals surface area contributed by atoms with Crippen LogP contribution in [-0.2, 0) is 4.79 Å². The van der Waals surface area contributed by atoms with Gasteiger partial charge in [0.2, 0.25) is 0 Å². The third-order valence-electron chi connectivity index (χ3n) is 2.91. The van der Waals surface area contributed by atoms with Gasteiger partial charge in [-0.05, 0) is 37.1 Å². The summed E-state index contributed by atoms with van der Waals surface area (Å²) in [6.07, 6.45) is 3.53. The van der Waals surface area contributed by atoms with Crippen LogP contribution in [0.1, 0.15) is 53.4 Å². The third kappa shape index (κ3) is 7.55. The monoisotopic (exact) mass is 213 g/mol. The summed E-state index contributed by atoms with van der Waals surface area (Å²) in [5.74, 6) is 2.16. The Labute approximate surface area is 94.6 Å². The second-order valence-corrected chi connectivity index (χ2v) is 5.26. The van der Waals surface area contributed by atoms with Crippen molar-refractivity contribution in [1.82, 2.24) is 0 Å². The third-order valence-corrected chi connectivity index (χ3v) is 2.91. The fourth-order valence-corrected chi connectivity index (χ4v) is 1.93. The van der Waals surface area contributed by atoms with Crippen LogP contribution in [0, 0.1) is 17.8 Å². The Morgan fingerprint density at radius 3 is 2.13 bits per heavy atom. The van der Waals surface area contributed by atoms with E-state index in [9.17, 15) is 4.79 Å². The summed E-state index contributed by atoms with van der Waals surface area (Å²) in [7, 11) is 0. The molecule has 90 valence electrons. The van der Waals surface area contributed by atoms with Gasteiger partial charge in [0.05, 0.1) is 0 Å². The molecule has 0 aliphatic rings. The van der Waals surface area contributed by atoms with Gasteiger partial charge >= 0.3 is 0 Å². The minimum atomic E-state index is 0.410. The molecule has 1 unspecified atom stereocenters. The number of carbonyl (C=O) groups excluding carboxylic acids is 1. The van der Waals surface area contributed by atoms with Gasteiger partial charge in [-0.2, -0.15) is 0 Å². The minimum Gasteiger partial charge on any atom is -0.330 e. The largest absolute Gasteiger partial charge is 0.330 e. The van der Waals surface area contributed by atoms with E-state index in [1.165, 1.54) is 0 Å². The zero-order valence-corrected chi connectivity index (χ0v) is 10.8. The number of Topliss-reactive ketones (excluding diaryl/α,β-unsaturated/α-hetero) is 1. The van der Waals surface area contributed by atoms with E-state index < -0.39 is 0 Å². The van der Waals surface area contributed by atoms with Crippen LogP contribution in [0.4, 0.5) is 0 Å². The van der Waals surface area contributed by atoms with Gasteiger partial charge in [-0.3, -0.25) is 4.79 Å². The summed E-state index contributed by atoms with van der Waals surface area (Å²) in [6, 6.07) is 0. The van der Waals surface area contributed by atoms with E-state index in [1.807, 2.05) is 0 Å². The summed E-state index contributed by atoms with van der Waals surface area (Å²) in [5.41, 5.74) is 5.57. The highest BCUT2D eigenvalue weighted by Crippen LogP contribution is 2.21. The Bertz CT molecular complexity index is 175. The lowest BCUT2D eigenvalue weighted by Gasteiger charge is -2.19. The molecule has 1 atom stereocenters. The van der Waals surface area contributed by atoms with Crippen molar-refractivity contribution in [2.45, 2.75) is 53.4 Å². The molecule has 2 heteroatoms. The van der Waals surface area contributed by atoms with Gasteiger partial charge in [0, 0.05) is 12.8 Å². The number of carbonyl (C=O) groups is 1. The van der Waals surface area contributed by atoms with E-state index in [1.54, 1.807) is 0 Å². The van der Waals surface area contributed by atoms with E-state index in [0.29, 0.717) is 23.5 Å². The lowest BCUT2D eigenvalue weighted by atomic mass is 9.87. The van der Waals surface area contributed by atoms with Gasteiger partial charge in [0.1, 0.15) is 5.78 Å². The van der Waals surface area contributed by atoms with Gasteiger partial charge in [-0.1, -0.05) is 27.7 Å². The van der Waals surface area contributed by atoms with E-state index in [-0.39, 0.29) is 0 Å². The number of nitrogens with two attached hydrogens (primary N) is 1. The van der Waals surface area contributed by atoms with Crippen LogP contribution in [0.15, 0.2) is 0 Å². The molecule has 0 rings (SSSR count). The molecular formula is C13H27NO. The Morgan fingerprint density at radius 1 is 1.13 bits per heavy atom. The normalized spacial score (nSPS) is 13.5. The van der Waals surface area contributed by atoms with Crippen molar-refractivity contribution in [2.24, 2.45) is 23.5 Å². The first-order valence-corrected chi connectivity index (χ1v) is 6.19. The molecule has 0 radical (unpaired) electrons. The van der Waals surface area contributed by atoms with Crippen LogP contribution in [-0.4, -0.2) is 12.3 Å². The lowest BCUT2D eigenvalue weighted by molar-refractivity contribution is -0.120. The maximum absolute atomic E-state index is 11.6. The van der Waals surface area contributed by atoms with Crippen LogP contribution in [0.5, 0.6) is 0 Å². The zero-order valence-electron chi connectivity index (χ0n) is 10.8. The van der Waals surface area contributed by atoms with Crippen LogP contribution < -0.4 is 5.73 Å². The molecule has 0 aromatic heterocycles. The maximum atomic E-state index is 11.6. The van der Waals surface area contributed by atoms with Crippen molar-refractivity contribution in [3.05, 3.63) is 0 Å². The predicted octanol–water partition coefficient (Wildman–Crippen LogP) is 3.00. The molecule has 0 amide bonds. The summed E-state index contributed by atoms with van der Waals surface area (Å²) in [4.78, 5) is 11.6. The fraction of sp³-hybridized carbons (Fsp3) is 0.923. The topological polar surface area (TPSA) is 43.1 Å². The average molecular weight is 213 g/mol. The van der Waals surface area contributed by atoms with Crippen LogP contribution >= 0.6 is 0 Å². The smallest absolute Gasteiger partial charge is 0.133 e. The van der Waals surface area contributed by atoms with Crippen molar-refractivity contribution in [2.75, 3.05) is 6.54 Å². The Morgan fingerprint density at radius 2 is 1.73 bits per heavy atom. The van der Waals surface area contributed by atoms with Gasteiger partial charge < -0.3 is 5.73 Å². The SMILES string of the molecule is CC(C)CC(=O)CCC(CCN)C(C)C. The standard InChI is InChI=1S/C13H27NO/c1-10(2)9-13(15)6-5-12(7-8-14)11(3)4/h10-12H,5-9,14H2,1-4H3. The number of rotatable bonds is 8. The first kappa shape index (κ1) is 14.6. The molecule has 0 fully saturated rings. The van der Waals surface area contributed by atoms with E-state index in [2.05, 4.69) is 27.7 Å². The maximum Gasteiger partial charge on any atom is 0.133 e. The minimum absolute atomic E-state index is 0.410. The molecule has 0 bridgehead atoms. The van der Waals surface area contributed by atoms with Crippen LogP contribution in [0.3, 0.4) is 0 Å². The van der Waals surface area contributed by atoms with E-state index in [0.717, 1.165) is 32.2 Å². The lowest BCUT2D eigenvalue weighted by Crippen LogP contribution is -2.16. The van der Waals surface area contributed by atoms with Crippen molar-refractivity contribution in [1.29, 1.82) is 0 Å². The first-order valence-electron chi connectivity index (χ1n) is 6.19. The molecule has 0 aromatic carbocycles. The van der Waals surface area contributed by atoms with Crippen molar-refractivity contribution < 1.29 is 4.79 Å². The summed E-state index contributed by atoms with van der Waals surface area (Å²) in [6.45, 7) is 9.36. The zero-order chi connectivity index (χ0) is 11.8. The van der Waals surface area contributed by atoms with Crippen LogP contribution in [0.2, 0.25) is 0 Å². The molecule has 2 N–H and O–H groups in total. The molecular weight excluding hydrogens is 186 g/mol. The highest BCUT2D eigenvalue weighted by molar-refractivity contribution is 5.78. The average Bonchev–Trinajstić information content (AvgIpc) is 2.10. The number of hydrogen-bond acceptors (Lipinski definition) is 2. The summed E-state index contributed by atoms with van der Waals surface area (Å²) in [5, 5.41) is 0. The second-order valence-electron chi connectivity index (χ2n) is 5.26. The molecule has 15 heavy (non-hydrogen) atoms. The summed E-state index contributed by atoms with van der Waals surface area (Å²) < 4.78 is 0. The Balaban J connectivity index is 3.83. The molecule has 0 saturated heterocycles. The van der Waals surface area contributed by atoms with E-state index >= 15 is 0 Å². The second kappa shape index (κ2) is 7.86. The van der Waals surface area contributed by atoms with Crippen molar-refractivity contribution in [3.8, 4) is 0 Å². The first-order chi connectivity index (χ1) is 6.97. The fourth-order valence-electron chi connectivity index (χ4n) is 1.93. The summed E-state index contributed by atoms with van der Waals surface area (Å²) >= 11 is 0. The molecule has 0 aromatic rings. The highest BCUT2D eigenvalue weighted by atomic mass is 16.1. The molecule has 0 spiro atoms. The quantitative estimate of drug-likeness (QED) is 0.673. The van der Waals surface area contributed by atoms with Gasteiger partial charge in [-0.15, -0.1) is 0 Å². The predicted molar refractivity (Wildman–Crippen MR) is 65.7 cm³/mol. The number of hydrogen-bond donors (Lipinski definition) is 1. The van der Waals surface area contributed by atoms with Crippen LogP contribution in [0.25, 0.3) is 0 Å². The van der Waals surface area contributed by atoms with Crippen molar-refractivity contribution in [3.63, 3.8) is 0 Å².